The van der Waals surface area contributed by atoms with Crippen molar-refractivity contribution in [2.75, 3.05) is 6.54 Å². The number of benzene rings is 2. The van der Waals surface area contributed by atoms with E-state index in [-0.39, 0.29) is 10.2 Å². The molecule has 1 N–H and O–H groups in total. The van der Waals surface area contributed by atoms with Crippen molar-refractivity contribution in [2.45, 2.75) is 26.2 Å². The van der Waals surface area contributed by atoms with Crippen molar-refractivity contribution >= 4 is 31.5 Å². The average Bonchev–Trinajstić information content (AvgIpc) is 2.36. The molecule has 0 saturated heterocycles. The number of carbonyl (C=O) groups is 1. The molecule has 0 aromatic heterocycles. The summed E-state index contributed by atoms with van der Waals surface area (Å²) in [6, 6.07) is 13.0. The summed E-state index contributed by atoms with van der Waals surface area (Å²) in [5, 5.41) is 5.31. The van der Waals surface area contributed by atoms with E-state index in [0.717, 1.165) is 0 Å². The van der Waals surface area contributed by atoms with Gasteiger partial charge in [-0.3, -0.25) is 4.79 Å². The van der Waals surface area contributed by atoms with Crippen LogP contribution in [0, 0.1) is 6.92 Å². The van der Waals surface area contributed by atoms with E-state index in [0.29, 0.717) is 6.54 Å². The van der Waals surface area contributed by atoms with Crippen LogP contribution in [0.4, 0.5) is 4.79 Å². The lowest BCUT2D eigenvalue weighted by Crippen LogP contribution is -2.34. The van der Waals surface area contributed by atoms with Gasteiger partial charge in [-0.25, -0.2) is 0 Å². The molecule has 100 valence electrons. The number of aryl methyl sites for hydroxylation is 1. The smallest absolute Gasteiger partial charge is 0.287 e. The molecule has 2 aromatic rings. The van der Waals surface area contributed by atoms with Gasteiger partial charge in [-0.2, -0.15) is 0 Å². The van der Waals surface area contributed by atoms with Crippen LogP contribution in [-0.2, 0) is 5.41 Å². The molecular weight excluding hydrogens is 302 g/mol. The van der Waals surface area contributed by atoms with Gasteiger partial charge in [0.1, 0.15) is 0 Å². The molecule has 0 bridgehead atoms. The first kappa shape index (κ1) is 14.1. The Kier molecular flexibility index (Phi) is 3.95. The fourth-order valence-corrected chi connectivity index (χ4v) is 2.32. The van der Waals surface area contributed by atoms with Gasteiger partial charge in [0, 0.05) is 27.9 Å². The first-order valence-corrected chi connectivity index (χ1v) is 7.12. The third kappa shape index (κ3) is 3.35. The molecule has 2 nitrogen and oxygen atoms in total. The van der Waals surface area contributed by atoms with Gasteiger partial charge in [0.25, 0.3) is 4.82 Å². The summed E-state index contributed by atoms with van der Waals surface area (Å²) in [4.78, 5) is 10.8. The molecule has 2 rings (SSSR count). The third-order valence-electron chi connectivity index (χ3n) is 3.45. The molecule has 0 aliphatic rings. The molecule has 0 saturated carbocycles. The number of carbonyl (C=O) groups excluding carboxylic acids is 1. The molecule has 0 unspecified atom stereocenters. The van der Waals surface area contributed by atoms with E-state index >= 15 is 0 Å². The number of halogens is 1. The van der Waals surface area contributed by atoms with Crippen LogP contribution in [0.5, 0.6) is 0 Å². The molecule has 0 radical (unpaired) electrons. The third-order valence-corrected chi connectivity index (χ3v) is 3.73. The standard InChI is InChI=1S/C16H18BrNO/c1-11-4-5-13-9-14(7-6-12(13)8-11)16(2,3)10-18-15(17)19/h4-9H,10H2,1-3H3,(H,18,19). The fourth-order valence-electron chi connectivity index (χ4n) is 2.18. The summed E-state index contributed by atoms with van der Waals surface area (Å²) < 4.78 is 0. The van der Waals surface area contributed by atoms with Crippen molar-refractivity contribution in [2.24, 2.45) is 0 Å². The predicted molar refractivity (Wildman–Crippen MR) is 84.0 cm³/mol. The Morgan fingerprint density at radius 2 is 1.79 bits per heavy atom. The Hall–Kier alpha value is -1.35. The van der Waals surface area contributed by atoms with Crippen LogP contribution >= 0.6 is 15.9 Å². The summed E-state index contributed by atoms with van der Waals surface area (Å²) in [6.45, 7) is 6.97. The Morgan fingerprint density at radius 3 is 2.47 bits per heavy atom. The molecular formula is C16H18BrNO. The zero-order chi connectivity index (χ0) is 14.0. The highest BCUT2D eigenvalue weighted by molar-refractivity contribution is 9.18. The van der Waals surface area contributed by atoms with Crippen LogP contribution in [0.2, 0.25) is 0 Å². The average molecular weight is 320 g/mol. The second-order valence-corrected chi connectivity index (χ2v) is 6.30. The molecule has 0 fully saturated rings. The van der Waals surface area contributed by atoms with Crippen molar-refractivity contribution in [1.29, 1.82) is 0 Å². The summed E-state index contributed by atoms with van der Waals surface area (Å²) in [5.74, 6) is 0. The Balaban J connectivity index is 2.34. The normalized spacial score (nSPS) is 11.6. The van der Waals surface area contributed by atoms with Gasteiger partial charge in [0.15, 0.2) is 0 Å². The Labute approximate surface area is 122 Å². The SMILES string of the molecule is Cc1ccc2cc(C(C)(C)CNC(=O)Br)ccc2c1. The van der Waals surface area contributed by atoms with Crippen LogP contribution < -0.4 is 5.32 Å². The van der Waals surface area contributed by atoms with Crippen molar-refractivity contribution < 1.29 is 4.79 Å². The highest BCUT2D eigenvalue weighted by Crippen LogP contribution is 2.26. The summed E-state index contributed by atoms with van der Waals surface area (Å²) in [6.07, 6.45) is 0. The number of rotatable bonds is 3. The first-order valence-electron chi connectivity index (χ1n) is 6.33. The molecule has 0 atom stereocenters. The maximum Gasteiger partial charge on any atom is 0.287 e. The maximum absolute atomic E-state index is 11.0. The fraction of sp³-hybridized carbons (Fsp3) is 0.312. The van der Waals surface area contributed by atoms with E-state index in [4.69, 9.17) is 0 Å². The first-order chi connectivity index (χ1) is 8.88. The van der Waals surface area contributed by atoms with E-state index in [9.17, 15) is 4.79 Å². The van der Waals surface area contributed by atoms with E-state index in [1.807, 2.05) is 0 Å². The minimum Gasteiger partial charge on any atom is -0.346 e. The zero-order valence-electron chi connectivity index (χ0n) is 11.5. The second kappa shape index (κ2) is 5.33. The topological polar surface area (TPSA) is 29.1 Å². The Morgan fingerprint density at radius 1 is 1.16 bits per heavy atom. The van der Waals surface area contributed by atoms with Gasteiger partial charge in [-0.15, -0.1) is 0 Å². The molecule has 19 heavy (non-hydrogen) atoms. The molecule has 3 heteroatoms. The quantitative estimate of drug-likeness (QED) is 0.653. The van der Waals surface area contributed by atoms with Gasteiger partial charge in [-0.1, -0.05) is 55.8 Å². The Bertz CT molecular complexity index is 619. The van der Waals surface area contributed by atoms with Crippen LogP contribution in [-0.4, -0.2) is 11.4 Å². The predicted octanol–water partition coefficient (Wildman–Crippen LogP) is 4.53. The van der Waals surface area contributed by atoms with Gasteiger partial charge in [0.05, 0.1) is 0 Å². The number of amides is 1. The lowest BCUT2D eigenvalue weighted by atomic mass is 9.83. The van der Waals surface area contributed by atoms with Crippen molar-refractivity contribution in [1.82, 2.24) is 5.32 Å². The van der Waals surface area contributed by atoms with Crippen LogP contribution in [0.1, 0.15) is 25.0 Å². The largest absolute Gasteiger partial charge is 0.346 e. The number of hydrogen-bond donors (Lipinski definition) is 1. The lowest BCUT2D eigenvalue weighted by Gasteiger charge is -2.25. The van der Waals surface area contributed by atoms with Gasteiger partial charge < -0.3 is 5.32 Å². The minimum atomic E-state index is -0.169. The molecule has 0 aliphatic heterocycles. The van der Waals surface area contributed by atoms with Crippen molar-refractivity contribution in [3.8, 4) is 0 Å². The summed E-state index contributed by atoms with van der Waals surface area (Å²) in [5.41, 5.74) is 2.40. The second-order valence-electron chi connectivity index (χ2n) is 5.58. The van der Waals surface area contributed by atoms with E-state index in [2.05, 4.69) is 78.4 Å². The summed E-state index contributed by atoms with van der Waals surface area (Å²) >= 11 is 2.90. The highest BCUT2D eigenvalue weighted by Gasteiger charge is 2.21. The molecule has 0 spiro atoms. The number of nitrogens with one attached hydrogen (secondary N) is 1. The monoisotopic (exact) mass is 319 g/mol. The maximum atomic E-state index is 11.0. The molecule has 2 aromatic carbocycles. The van der Waals surface area contributed by atoms with Crippen molar-refractivity contribution in [3.05, 3.63) is 47.5 Å². The highest BCUT2D eigenvalue weighted by atomic mass is 79.9. The minimum absolute atomic E-state index is 0.0947. The summed E-state index contributed by atoms with van der Waals surface area (Å²) in [7, 11) is 0. The van der Waals surface area contributed by atoms with E-state index in [1.54, 1.807) is 0 Å². The van der Waals surface area contributed by atoms with Gasteiger partial charge >= 0.3 is 0 Å². The van der Waals surface area contributed by atoms with E-state index in [1.165, 1.54) is 21.9 Å². The number of fused-ring (bicyclic) bond motifs is 1. The van der Waals surface area contributed by atoms with Crippen molar-refractivity contribution in [3.63, 3.8) is 0 Å². The zero-order valence-corrected chi connectivity index (χ0v) is 13.0. The van der Waals surface area contributed by atoms with Crippen LogP contribution in [0.3, 0.4) is 0 Å². The van der Waals surface area contributed by atoms with Gasteiger partial charge in [0.2, 0.25) is 0 Å². The molecule has 1 amide bonds. The van der Waals surface area contributed by atoms with Crippen LogP contribution in [0.25, 0.3) is 10.8 Å². The lowest BCUT2D eigenvalue weighted by molar-refractivity contribution is 0.259. The molecule has 0 heterocycles. The number of hydrogen-bond acceptors (Lipinski definition) is 1. The van der Waals surface area contributed by atoms with E-state index < -0.39 is 0 Å². The van der Waals surface area contributed by atoms with Crippen LogP contribution in [0.15, 0.2) is 36.4 Å². The molecule has 0 aliphatic carbocycles. The van der Waals surface area contributed by atoms with Gasteiger partial charge in [-0.05, 0) is 23.3 Å².